The molecule has 7 heteroatoms. The Morgan fingerprint density at radius 2 is 2.15 bits per heavy atom. The van der Waals surface area contributed by atoms with Gasteiger partial charge in [0, 0.05) is 31.4 Å². The molecule has 7 nitrogen and oxygen atoms in total. The van der Waals surface area contributed by atoms with Crippen molar-refractivity contribution < 1.29 is 14.3 Å². The van der Waals surface area contributed by atoms with Crippen LogP contribution in [0.4, 0.5) is 0 Å². The smallest absolute Gasteiger partial charge is 0.308 e. The second-order valence-electron chi connectivity index (χ2n) is 6.27. The molecule has 0 unspecified atom stereocenters. The number of aromatic nitrogens is 1. The van der Waals surface area contributed by atoms with E-state index in [1.165, 1.54) is 7.11 Å². The number of methoxy groups -OCH3 is 1. The van der Waals surface area contributed by atoms with Crippen LogP contribution in [0.25, 0.3) is 0 Å². The van der Waals surface area contributed by atoms with Gasteiger partial charge in [0.2, 0.25) is 5.88 Å². The molecule has 26 heavy (non-hydrogen) atoms. The van der Waals surface area contributed by atoms with Crippen molar-refractivity contribution in [3.63, 3.8) is 0 Å². The third kappa shape index (κ3) is 5.61. The van der Waals surface area contributed by atoms with E-state index < -0.39 is 0 Å². The summed E-state index contributed by atoms with van der Waals surface area (Å²) in [6, 6.07) is 3.90. The van der Waals surface area contributed by atoms with Crippen LogP contribution in [0.2, 0.25) is 0 Å². The zero-order valence-corrected chi connectivity index (χ0v) is 16.0. The first-order valence-electron chi connectivity index (χ1n) is 9.37. The second kappa shape index (κ2) is 10.6. The number of hydrogen-bond acceptors (Lipinski definition) is 5. The third-order valence-electron chi connectivity index (χ3n) is 4.36. The summed E-state index contributed by atoms with van der Waals surface area (Å²) < 4.78 is 10.6. The molecule has 144 valence electrons. The fourth-order valence-corrected chi connectivity index (χ4v) is 2.95. The molecule has 1 fully saturated rings. The fourth-order valence-electron chi connectivity index (χ4n) is 2.95. The Morgan fingerprint density at radius 1 is 1.38 bits per heavy atom. The highest BCUT2D eigenvalue weighted by Gasteiger charge is 2.27. The molecule has 1 aliphatic heterocycles. The van der Waals surface area contributed by atoms with Gasteiger partial charge in [-0.15, -0.1) is 0 Å². The van der Waals surface area contributed by atoms with Crippen LogP contribution in [0.1, 0.15) is 38.7 Å². The maximum absolute atomic E-state index is 11.7. The first-order valence-corrected chi connectivity index (χ1v) is 9.37. The number of nitrogens with one attached hydrogen (secondary N) is 1. The number of aliphatic imine (C=N–C) groups is 1. The molecule has 1 saturated heterocycles. The molecule has 1 aromatic rings. The van der Waals surface area contributed by atoms with Crippen molar-refractivity contribution in [3.8, 4) is 5.88 Å². The number of guanidine groups is 1. The highest BCUT2D eigenvalue weighted by molar-refractivity contribution is 5.80. The van der Waals surface area contributed by atoms with E-state index in [1.54, 1.807) is 6.20 Å². The van der Waals surface area contributed by atoms with Crippen molar-refractivity contribution in [1.29, 1.82) is 0 Å². The SMILES string of the molecule is CCCOc1ncccc1CN=C(NCC)N1CCC(C(=O)OC)CC1. The standard InChI is InChI=1S/C19H30N4O3/c1-4-13-26-17-16(7-6-10-21-17)14-22-19(20-5-2)23-11-8-15(9-12-23)18(24)25-3/h6-7,10,15H,4-5,8-9,11-14H2,1-3H3,(H,20,22). The average Bonchev–Trinajstić information content (AvgIpc) is 2.69. The number of nitrogens with zero attached hydrogens (tertiary/aromatic N) is 3. The van der Waals surface area contributed by atoms with Crippen molar-refractivity contribution >= 4 is 11.9 Å². The molecule has 0 spiro atoms. The van der Waals surface area contributed by atoms with E-state index in [9.17, 15) is 4.79 Å². The van der Waals surface area contributed by atoms with Crippen LogP contribution in [0.3, 0.4) is 0 Å². The minimum Gasteiger partial charge on any atom is -0.477 e. The van der Waals surface area contributed by atoms with E-state index in [-0.39, 0.29) is 11.9 Å². The molecule has 0 saturated carbocycles. The Balaban J connectivity index is 2.02. The van der Waals surface area contributed by atoms with Crippen molar-refractivity contribution in [2.24, 2.45) is 10.9 Å². The molecule has 0 aliphatic carbocycles. The Labute approximate surface area is 155 Å². The monoisotopic (exact) mass is 362 g/mol. The van der Waals surface area contributed by atoms with Crippen LogP contribution < -0.4 is 10.1 Å². The third-order valence-corrected chi connectivity index (χ3v) is 4.36. The molecule has 0 bridgehead atoms. The van der Waals surface area contributed by atoms with Gasteiger partial charge in [0.05, 0.1) is 26.2 Å². The molecule has 0 amide bonds. The van der Waals surface area contributed by atoms with Gasteiger partial charge in [-0.2, -0.15) is 0 Å². The van der Waals surface area contributed by atoms with Gasteiger partial charge in [0.1, 0.15) is 0 Å². The van der Waals surface area contributed by atoms with Crippen LogP contribution in [-0.2, 0) is 16.1 Å². The summed E-state index contributed by atoms with van der Waals surface area (Å²) in [5.74, 6) is 1.39. The lowest BCUT2D eigenvalue weighted by atomic mass is 9.97. The maximum Gasteiger partial charge on any atom is 0.308 e. The highest BCUT2D eigenvalue weighted by Crippen LogP contribution is 2.19. The van der Waals surface area contributed by atoms with Gasteiger partial charge in [0.15, 0.2) is 5.96 Å². The Morgan fingerprint density at radius 3 is 2.81 bits per heavy atom. The van der Waals surface area contributed by atoms with Crippen molar-refractivity contribution in [2.45, 2.75) is 39.7 Å². The Kier molecular flexibility index (Phi) is 8.18. The molecule has 2 rings (SSSR count). The summed E-state index contributed by atoms with van der Waals surface area (Å²) in [6.07, 6.45) is 4.25. The summed E-state index contributed by atoms with van der Waals surface area (Å²) in [5, 5.41) is 3.34. The largest absolute Gasteiger partial charge is 0.477 e. The topological polar surface area (TPSA) is 76.1 Å². The molecule has 1 aromatic heterocycles. The molecular weight excluding hydrogens is 332 g/mol. The molecule has 1 N–H and O–H groups in total. The minimum atomic E-state index is -0.111. The first-order chi connectivity index (χ1) is 12.7. The van der Waals surface area contributed by atoms with Crippen LogP contribution >= 0.6 is 0 Å². The Hall–Kier alpha value is -2.31. The van der Waals surface area contributed by atoms with Crippen LogP contribution in [0.5, 0.6) is 5.88 Å². The number of ether oxygens (including phenoxy) is 2. The summed E-state index contributed by atoms with van der Waals surface area (Å²) in [5.41, 5.74) is 0.973. The van der Waals surface area contributed by atoms with Crippen LogP contribution in [0, 0.1) is 5.92 Å². The summed E-state index contributed by atoms with van der Waals surface area (Å²) in [4.78, 5) is 23.0. The first kappa shape index (κ1) is 20.0. The number of esters is 1. The van der Waals surface area contributed by atoms with Gasteiger partial charge in [0.25, 0.3) is 0 Å². The lowest BCUT2D eigenvalue weighted by Gasteiger charge is -2.33. The van der Waals surface area contributed by atoms with Gasteiger partial charge in [-0.05, 0) is 32.3 Å². The predicted molar refractivity (Wildman–Crippen MR) is 101 cm³/mol. The number of piperidine rings is 1. The van der Waals surface area contributed by atoms with Gasteiger partial charge in [-0.3, -0.25) is 4.79 Å². The number of pyridine rings is 1. The van der Waals surface area contributed by atoms with Gasteiger partial charge >= 0.3 is 5.97 Å². The summed E-state index contributed by atoms with van der Waals surface area (Å²) in [6.45, 7) is 7.65. The predicted octanol–water partition coefficient (Wildman–Crippen LogP) is 2.22. The summed E-state index contributed by atoms with van der Waals surface area (Å²) in [7, 11) is 1.45. The summed E-state index contributed by atoms with van der Waals surface area (Å²) >= 11 is 0. The van der Waals surface area contributed by atoms with Crippen LogP contribution in [-0.4, -0.2) is 55.2 Å². The molecular formula is C19H30N4O3. The van der Waals surface area contributed by atoms with Crippen molar-refractivity contribution in [3.05, 3.63) is 23.9 Å². The van der Waals surface area contributed by atoms with E-state index in [2.05, 4.69) is 29.0 Å². The van der Waals surface area contributed by atoms with Crippen LogP contribution in [0.15, 0.2) is 23.3 Å². The number of hydrogen-bond donors (Lipinski definition) is 1. The molecule has 1 aliphatic rings. The fraction of sp³-hybridized carbons (Fsp3) is 0.632. The van der Waals surface area contributed by atoms with E-state index in [1.807, 2.05) is 12.1 Å². The molecule has 0 radical (unpaired) electrons. The number of carbonyl (C=O) groups excluding carboxylic acids is 1. The Bertz CT molecular complexity index is 598. The normalized spacial score (nSPS) is 15.7. The van der Waals surface area contributed by atoms with Gasteiger partial charge < -0.3 is 19.7 Å². The van der Waals surface area contributed by atoms with Crippen molar-refractivity contribution in [2.75, 3.05) is 33.4 Å². The van der Waals surface area contributed by atoms with Crippen molar-refractivity contribution in [1.82, 2.24) is 15.2 Å². The van der Waals surface area contributed by atoms with E-state index >= 15 is 0 Å². The van der Waals surface area contributed by atoms with E-state index in [0.717, 1.165) is 50.4 Å². The molecule has 2 heterocycles. The zero-order chi connectivity index (χ0) is 18.8. The number of carbonyl (C=O) groups is 1. The number of likely N-dealkylation sites (tertiary alicyclic amines) is 1. The van der Waals surface area contributed by atoms with E-state index in [0.29, 0.717) is 19.0 Å². The molecule has 0 atom stereocenters. The van der Waals surface area contributed by atoms with Gasteiger partial charge in [-0.1, -0.05) is 13.0 Å². The number of rotatable bonds is 7. The lowest BCUT2D eigenvalue weighted by Crippen LogP contribution is -2.46. The second-order valence-corrected chi connectivity index (χ2v) is 6.27. The molecule has 0 aromatic carbocycles. The quantitative estimate of drug-likeness (QED) is 0.455. The highest BCUT2D eigenvalue weighted by atomic mass is 16.5. The van der Waals surface area contributed by atoms with E-state index in [4.69, 9.17) is 14.5 Å². The zero-order valence-electron chi connectivity index (χ0n) is 16.0. The van der Waals surface area contributed by atoms with Gasteiger partial charge in [-0.25, -0.2) is 9.98 Å². The maximum atomic E-state index is 11.7. The minimum absolute atomic E-state index is 0.00787. The lowest BCUT2D eigenvalue weighted by molar-refractivity contribution is -0.146. The average molecular weight is 362 g/mol.